The second-order valence-corrected chi connectivity index (χ2v) is 6.34. The number of methoxy groups -OCH3 is 1. The number of ether oxygens (including phenoxy) is 2. The van der Waals surface area contributed by atoms with E-state index in [1.165, 1.54) is 0 Å². The van der Waals surface area contributed by atoms with E-state index in [2.05, 4.69) is 20.9 Å². The van der Waals surface area contributed by atoms with E-state index in [0.29, 0.717) is 11.3 Å². The molecule has 3 rings (SSSR count). The summed E-state index contributed by atoms with van der Waals surface area (Å²) in [5.41, 5.74) is 2.19. The summed E-state index contributed by atoms with van der Waals surface area (Å²) in [5, 5.41) is 0. The standard InChI is InChI=1S/C21H16BrNO3/c1-25-19-12-8-18(9-13-19)23-14-15-2-4-16(5-3-15)21(24)26-20-10-6-17(22)7-11-20/h2-14H,1H3. The monoisotopic (exact) mass is 409 g/mol. The Morgan fingerprint density at radius 1 is 0.885 bits per heavy atom. The van der Waals surface area contributed by atoms with Crippen LogP contribution in [0.5, 0.6) is 11.5 Å². The van der Waals surface area contributed by atoms with Gasteiger partial charge in [0.15, 0.2) is 0 Å². The zero-order valence-corrected chi connectivity index (χ0v) is 15.6. The summed E-state index contributed by atoms with van der Waals surface area (Å²) < 4.78 is 11.4. The molecule has 0 amide bonds. The summed E-state index contributed by atoms with van der Waals surface area (Å²) in [6.45, 7) is 0. The number of carbonyl (C=O) groups is 1. The van der Waals surface area contributed by atoms with Gasteiger partial charge >= 0.3 is 5.97 Å². The highest BCUT2D eigenvalue weighted by molar-refractivity contribution is 9.10. The molecule has 3 aromatic carbocycles. The van der Waals surface area contributed by atoms with Gasteiger partial charge in [0, 0.05) is 10.7 Å². The molecule has 26 heavy (non-hydrogen) atoms. The van der Waals surface area contributed by atoms with Gasteiger partial charge in [-0.1, -0.05) is 28.1 Å². The van der Waals surface area contributed by atoms with E-state index in [1.807, 2.05) is 48.5 Å². The minimum absolute atomic E-state index is 0.397. The third kappa shape index (κ3) is 4.80. The molecule has 0 N–H and O–H groups in total. The van der Waals surface area contributed by atoms with Crippen molar-refractivity contribution >= 4 is 33.8 Å². The Kier molecular flexibility index (Phi) is 5.81. The van der Waals surface area contributed by atoms with Crippen molar-refractivity contribution in [1.82, 2.24) is 0 Å². The Hall–Kier alpha value is -2.92. The first kappa shape index (κ1) is 17.9. The van der Waals surface area contributed by atoms with Gasteiger partial charge in [0.05, 0.1) is 18.4 Å². The van der Waals surface area contributed by atoms with E-state index in [4.69, 9.17) is 9.47 Å². The topological polar surface area (TPSA) is 47.9 Å². The summed E-state index contributed by atoms with van der Waals surface area (Å²) in [6, 6.07) is 21.7. The van der Waals surface area contributed by atoms with Gasteiger partial charge in [0.2, 0.25) is 0 Å². The maximum absolute atomic E-state index is 12.2. The van der Waals surface area contributed by atoms with Gasteiger partial charge in [-0.3, -0.25) is 4.99 Å². The van der Waals surface area contributed by atoms with Crippen LogP contribution in [0.3, 0.4) is 0 Å². The summed E-state index contributed by atoms with van der Waals surface area (Å²) >= 11 is 3.34. The van der Waals surface area contributed by atoms with E-state index in [-0.39, 0.29) is 0 Å². The zero-order valence-electron chi connectivity index (χ0n) is 14.1. The molecule has 5 heteroatoms. The molecule has 0 heterocycles. The van der Waals surface area contributed by atoms with Crippen LogP contribution >= 0.6 is 15.9 Å². The van der Waals surface area contributed by atoms with Crippen LogP contribution in [0.1, 0.15) is 15.9 Å². The Balaban J connectivity index is 1.64. The molecular formula is C21H16BrNO3. The number of hydrogen-bond acceptors (Lipinski definition) is 4. The third-order valence-electron chi connectivity index (χ3n) is 3.61. The molecule has 0 aliphatic heterocycles. The van der Waals surface area contributed by atoms with Crippen molar-refractivity contribution in [1.29, 1.82) is 0 Å². The maximum atomic E-state index is 12.2. The van der Waals surface area contributed by atoms with Crippen molar-refractivity contribution in [3.63, 3.8) is 0 Å². The third-order valence-corrected chi connectivity index (χ3v) is 4.13. The number of halogens is 1. The van der Waals surface area contributed by atoms with Gasteiger partial charge in [0.1, 0.15) is 11.5 Å². The van der Waals surface area contributed by atoms with Crippen molar-refractivity contribution in [2.45, 2.75) is 0 Å². The van der Waals surface area contributed by atoms with Gasteiger partial charge in [-0.05, 0) is 66.2 Å². The zero-order chi connectivity index (χ0) is 18.4. The first-order valence-corrected chi connectivity index (χ1v) is 8.69. The number of aliphatic imine (C=N–C) groups is 1. The van der Waals surface area contributed by atoms with Crippen LogP contribution in [0.2, 0.25) is 0 Å². The Labute approximate surface area is 160 Å². The van der Waals surface area contributed by atoms with Crippen molar-refractivity contribution in [3.8, 4) is 11.5 Å². The molecule has 0 aromatic heterocycles. The minimum atomic E-state index is -0.397. The number of nitrogens with zero attached hydrogens (tertiary/aromatic N) is 1. The number of carbonyl (C=O) groups excluding carboxylic acids is 1. The Morgan fingerprint density at radius 2 is 1.50 bits per heavy atom. The smallest absolute Gasteiger partial charge is 0.343 e. The summed E-state index contributed by atoms with van der Waals surface area (Å²) in [5.74, 6) is 0.895. The molecule has 0 spiro atoms. The number of rotatable bonds is 5. The quantitative estimate of drug-likeness (QED) is 0.320. The number of esters is 1. The van der Waals surface area contributed by atoms with E-state index >= 15 is 0 Å². The lowest BCUT2D eigenvalue weighted by Crippen LogP contribution is -2.08. The lowest BCUT2D eigenvalue weighted by atomic mass is 10.1. The molecule has 0 radical (unpaired) electrons. The van der Waals surface area contributed by atoms with Crippen LogP contribution in [-0.2, 0) is 0 Å². The van der Waals surface area contributed by atoms with Crippen molar-refractivity contribution in [3.05, 3.63) is 88.4 Å². The molecule has 0 saturated carbocycles. The highest BCUT2D eigenvalue weighted by Gasteiger charge is 2.08. The second-order valence-electron chi connectivity index (χ2n) is 5.42. The van der Waals surface area contributed by atoms with Crippen molar-refractivity contribution in [2.75, 3.05) is 7.11 Å². The van der Waals surface area contributed by atoms with Gasteiger partial charge in [-0.2, -0.15) is 0 Å². The minimum Gasteiger partial charge on any atom is -0.497 e. The van der Waals surface area contributed by atoms with E-state index in [1.54, 1.807) is 37.6 Å². The first-order chi connectivity index (χ1) is 12.6. The number of hydrogen-bond donors (Lipinski definition) is 0. The predicted octanol–water partition coefficient (Wildman–Crippen LogP) is 5.43. The molecule has 0 bridgehead atoms. The fourth-order valence-electron chi connectivity index (χ4n) is 2.19. The fraction of sp³-hybridized carbons (Fsp3) is 0.0476. The predicted molar refractivity (Wildman–Crippen MR) is 106 cm³/mol. The van der Waals surface area contributed by atoms with Crippen LogP contribution < -0.4 is 9.47 Å². The van der Waals surface area contributed by atoms with Gasteiger partial charge < -0.3 is 9.47 Å². The molecule has 130 valence electrons. The summed E-state index contributed by atoms with van der Waals surface area (Å²) in [6.07, 6.45) is 1.74. The number of benzene rings is 3. The van der Waals surface area contributed by atoms with Gasteiger partial charge in [-0.15, -0.1) is 0 Å². The Morgan fingerprint density at radius 3 is 2.12 bits per heavy atom. The van der Waals surface area contributed by atoms with Crippen LogP contribution in [0.15, 0.2) is 82.3 Å². The molecular weight excluding hydrogens is 394 g/mol. The summed E-state index contributed by atoms with van der Waals surface area (Å²) in [7, 11) is 1.63. The average molecular weight is 410 g/mol. The van der Waals surface area contributed by atoms with E-state index in [0.717, 1.165) is 21.5 Å². The SMILES string of the molecule is COc1ccc(N=Cc2ccc(C(=O)Oc3ccc(Br)cc3)cc2)cc1. The molecule has 0 aliphatic rings. The normalized spacial score (nSPS) is 10.7. The van der Waals surface area contributed by atoms with Crippen LogP contribution in [-0.4, -0.2) is 19.3 Å². The highest BCUT2D eigenvalue weighted by Crippen LogP contribution is 2.19. The van der Waals surface area contributed by atoms with E-state index in [9.17, 15) is 4.79 Å². The average Bonchev–Trinajstić information content (AvgIpc) is 2.69. The van der Waals surface area contributed by atoms with Gasteiger partial charge in [-0.25, -0.2) is 4.79 Å². The molecule has 0 aliphatic carbocycles. The summed E-state index contributed by atoms with van der Waals surface area (Å²) in [4.78, 5) is 16.6. The Bertz CT molecular complexity index is 901. The van der Waals surface area contributed by atoms with Crippen molar-refractivity contribution < 1.29 is 14.3 Å². The first-order valence-electron chi connectivity index (χ1n) is 7.90. The molecule has 0 saturated heterocycles. The second kappa shape index (κ2) is 8.45. The lowest BCUT2D eigenvalue weighted by Gasteiger charge is -2.04. The maximum Gasteiger partial charge on any atom is 0.343 e. The van der Waals surface area contributed by atoms with Crippen LogP contribution in [0, 0.1) is 0 Å². The van der Waals surface area contributed by atoms with E-state index < -0.39 is 5.97 Å². The van der Waals surface area contributed by atoms with Crippen molar-refractivity contribution in [2.24, 2.45) is 4.99 Å². The molecule has 3 aromatic rings. The van der Waals surface area contributed by atoms with Crippen LogP contribution in [0.25, 0.3) is 0 Å². The molecule has 0 atom stereocenters. The molecule has 0 fully saturated rings. The lowest BCUT2D eigenvalue weighted by molar-refractivity contribution is 0.0735. The fourth-order valence-corrected chi connectivity index (χ4v) is 2.46. The van der Waals surface area contributed by atoms with Crippen LogP contribution in [0.4, 0.5) is 5.69 Å². The highest BCUT2D eigenvalue weighted by atomic mass is 79.9. The van der Waals surface area contributed by atoms with Gasteiger partial charge in [0.25, 0.3) is 0 Å². The largest absolute Gasteiger partial charge is 0.497 e. The molecule has 0 unspecified atom stereocenters. The molecule has 4 nitrogen and oxygen atoms in total.